The number of anilines is 1. The van der Waals surface area contributed by atoms with Crippen molar-refractivity contribution in [2.45, 2.75) is 69.1 Å². The molecule has 0 radical (unpaired) electrons. The molecule has 2 aliphatic heterocycles. The SMILES string of the molecule is CCOC[C@@H]1[C@@H](C)C/C=C/C(O)C2CCC2CN2C[C@@]3(CCCc4cc(Cl)ccc43)COc3ccc(cc32)C(=O)NS1(=O)=O. The van der Waals surface area contributed by atoms with Crippen LogP contribution in [0.15, 0.2) is 48.6 Å². The Morgan fingerprint density at radius 1 is 1.20 bits per heavy atom. The lowest BCUT2D eigenvalue weighted by molar-refractivity contribution is 0.0455. The van der Waals surface area contributed by atoms with Crippen molar-refractivity contribution in [3.63, 3.8) is 0 Å². The Hall–Kier alpha value is -2.59. The third-order valence-corrected chi connectivity index (χ3v) is 12.4. The number of rotatable bonds is 3. The number of aliphatic hydroxyl groups excluding tert-OH is 1. The van der Waals surface area contributed by atoms with Crippen LogP contribution in [0.5, 0.6) is 5.75 Å². The molecule has 2 N–H and O–H groups in total. The predicted molar refractivity (Wildman–Crippen MR) is 172 cm³/mol. The van der Waals surface area contributed by atoms with Gasteiger partial charge in [0.05, 0.1) is 25.0 Å². The number of benzene rings is 2. The molecule has 1 fully saturated rings. The summed E-state index contributed by atoms with van der Waals surface area (Å²) in [5.41, 5.74) is 3.25. The first-order chi connectivity index (χ1) is 21.1. The number of carbonyl (C=O) groups is 1. The van der Waals surface area contributed by atoms with E-state index in [1.165, 1.54) is 11.1 Å². The number of ether oxygens (including phenoxy) is 2. The number of fused-ring (bicyclic) bond motifs is 4. The molecule has 3 unspecified atom stereocenters. The normalized spacial score (nSPS) is 32.3. The third kappa shape index (κ3) is 6.13. The average molecular weight is 643 g/mol. The minimum absolute atomic E-state index is 0.0258. The summed E-state index contributed by atoms with van der Waals surface area (Å²) < 4.78 is 41.5. The molecule has 10 heteroatoms. The van der Waals surface area contributed by atoms with Crippen LogP contribution in [0, 0.1) is 17.8 Å². The molecule has 2 aromatic carbocycles. The molecule has 6 atom stereocenters. The minimum atomic E-state index is -4.07. The number of aliphatic hydroxyl groups is 1. The van der Waals surface area contributed by atoms with E-state index in [9.17, 15) is 18.3 Å². The van der Waals surface area contributed by atoms with E-state index in [4.69, 9.17) is 21.1 Å². The van der Waals surface area contributed by atoms with Gasteiger partial charge in [0.1, 0.15) is 11.0 Å². The zero-order chi connectivity index (χ0) is 31.1. The second kappa shape index (κ2) is 12.7. The molecule has 238 valence electrons. The highest BCUT2D eigenvalue weighted by molar-refractivity contribution is 7.90. The van der Waals surface area contributed by atoms with Gasteiger partial charge in [0.25, 0.3) is 5.91 Å². The van der Waals surface area contributed by atoms with Gasteiger partial charge in [0, 0.05) is 35.7 Å². The summed E-state index contributed by atoms with van der Waals surface area (Å²) in [6.45, 7) is 5.86. The van der Waals surface area contributed by atoms with Crippen molar-refractivity contribution in [2.24, 2.45) is 17.8 Å². The molecule has 1 amide bonds. The zero-order valence-corrected chi connectivity index (χ0v) is 27.1. The molecule has 2 bridgehead atoms. The fourth-order valence-electron chi connectivity index (χ4n) is 7.59. The van der Waals surface area contributed by atoms with Crippen LogP contribution in [0.1, 0.15) is 67.4 Å². The fourth-order valence-corrected chi connectivity index (χ4v) is 9.31. The van der Waals surface area contributed by atoms with Crippen LogP contribution in [-0.4, -0.2) is 63.7 Å². The molecule has 6 rings (SSSR count). The summed E-state index contributed by atoms with van der Waals surface area (Å²) in [5.74, 6) is 0.0331. The molecule has 8 nitrogen and oxygen atoms in total. The number of carbonyl (C=O) groups excluding carboxylic acids is 1. The van der Waals surface area contributed by atoms with Gasteiger partial charge in [0.15, 0.2) is 0 Å². The highest BCUT2D eigenvalue weighted by Crippen LogP contribution is 2.46. The van der Waals surface area contributed by atoms with Gasteiger partial charge in [-0.2, -0.15) is 0 Å². The first-order valence-electron chi connectivity index (χ1n) is 15.9. The van der Waals surface area contributed by atoms with Gasteiger partial charge in [-0.25, -0.2) is 13.1 Å². The number of amides is 1. The van der Waals surface area contributed by atoms with Crippen molar-refractivity contribution >= 4 is 33.2 Å². The van der Waals surface area contributed by atoms with E-state index in [1.807, 2.05) is 32.1 Å². The largest absolute Gasteiger partial charge is 0.490 e. The molecule has 1 saturated carbocycles. The van der Waals surface area contributed by atoms with Crippen LogP contribution >= 0.6 is 11.6 Å². The Morgan fingerprint density at radius 3 is 2.82 bits per heavy atom. The van der Waals surface area contributed by atoms with Gasteiger partial charge in [-0.1, -0.05) is 36.7 Å². The Balaban J connectivity index is 1.41. The molecule has 4 aliphatic rings. The van der Waals surface area contributed by atoms with Crippen molar-refractivity contribution in [2.75, 3.05) is 37.8 Å². The van der Waals surface area contributed by atoms with E-state index < -0.39 is 27.3 Å². The highest BCUT2D eigenvalue weighted by atomic mass is 35.5. The molecular formula is C34H43ClN2O6S. The van der Waals surface area contributed by atoms with Crippen molar-refractivity contribution in [3.05, 3.63) is 70.3 Å². The quantitative estimate of drug-likeness (QED) is 0.440. The number of nitrogens with one attached hydrogen (secondary N) is 1. The van der Waals surface area contributed by atoms with Gasteiger partial charge in [0.2, 0.25) is 10.0 Å². The van der Waals surface area contributed by atoms with Gasteiger partial charge < -0.3 is 19.5 Å². The standard InChI is InChI=1S/C34H43ClN2O6S/c1-3-42-19-32-22(2)6-4-8-30(38)27-12-9-25(27)18-37-20-34(15-5-7-23-16-26(35)11-13-28(23)34)21-43-31-14-10-24(17-29(31)37)33(39)36-44(32,40)41/h4,8,10-11,13-14,16-17,22,25,27,30,32,38H,3,5-7,9,12,15,18-21H2,1-2H3,(H,36,39)/b8-4+/t22-,25?,27?,30?,32+,34-/m0/s1. The molecule has 2 aliphatic carbocycles. The minimum Gasteiger partial charge on any atom is -0.490 e. The molecule has 2 aromatic rings. The van der Waals surface area contributed by atoms with Crippen molar-refractivity contribution < 1.29 is 27.8 Å². The smallest absolute Gasteiger partial charge is 0.264 e. The maximum atomic E-state index is 13.6. The lowest BCUT2D eigenvalue weighted by Crippen LogP contribution is -2.49. The lowest BCUT2D eigenvalue weighted by Gasteiger charge is -2.45. The summed E-state index contributed by atoms with van der Waals surface area (Å²) in [6, 6.07) is 11.3. The Morgan fingerprint density at radius 2 is 2.05 bits per heavy atom. The summed E-state index contributed by atoms with van der Waals surface area (Å²) in [6.07, 6.45) is 8.40. The molecule has 1 spiro atoms. The number of nitrogens with zero attached hydrogens (tertiary/aromatic N) is 1. The van der Waals surface area contributed by atoms with Crippen LogP contribution < -0.4 is 14.4 Å². The number of sulfonamides is 1. The summed E-state index contributed by atoms with van der Waals surface area (Å²) in [5, 5.41) is 11.0. The van der Waals surface area contributed by atoms with Crippen molar-refractivity contribution in [1.29, 1.82) is 0 Å². The summed E-state index contributed by atoms with van der Waals surface area (Å²) in [4.78, 5) is 15.8. The van der Waals surface area contributed by atoms with Crippen LogP contribution in [-0.2, 0) is 26.6 Å². The monoisotopic (exact) mass is 642 g/mol. The second-order valence-corrected chi connectivity index (χ2v) is 15.4. The van der Waals surface area contributed by atoms with Gasteiger partial charge >= 0.3 is 0 Å². The van der Waals surface area contributed by atoms with E-state index in [1.54, 1.807) is 18.2 Å². The predicted octanol–water partition coefficient (Wildman–Crippen LogP) is 5.26. The Bertz CT molecular complexity index is 1530. The molecular weight excluding hydrogens is 600 g/mol. The second-order valence-electron chi connectivity index (χ2n) is 13.1. The molecule has 0 saturated heterocycles. The first kappa shape index (κ1) is 31.4. The average Bonchev–Trinajstić information content (AvgIpc) is 3.11. The van der Waals surface area contributed by atoms with E-state index in [0.29, 0.717) is 38.5 Å². The number of aryl methyl sites for hydroxylation is 1. The zero-order valence-electron chi connectivity index (χ0n) is 25.5. The van der Waals surface area contributed by atoms with Crippen molar-refractivity contribution in [1.82, 2.24) is 4.72 Å². The topological polar surface area (TPSA) is 105 Å². The van der Waals surface area contributed by atoms with Crippen LogP contribution in [0.3, 0.4) is 0 Å². The fraction of sp³-hybridized carbons (Fsp3) is 0.559. The van der Waals surface area contributed by atoms with E-state index >= 15 is 0 Å². The number of allylic oxidation sites excluding steroid dienone is 1. The van der Waals surface area contributed by atoms with Crippen LogP contribution in [0.2, 0.25) is 5.02 Å². The van der Waals surface area contributed by atoms with Gasteiger partial charge in [-0.3, -0.25) is 4.79 Å². The van der Waals surface area contributed by atoms with Gasteiger partial charge in [-0.05, 0) is 105 Å². The first-order valence-corrected chi connectivity index (χ1v) is 17.8. The summed E-state index contributed by atoms with van der Waals surface area (Å²) >= 11 is 6.40. The van der Waals surface area contributed by atoms with E-state index in [-0.39, 0.29) is 35.3 Å². The lowest BCUT2D eigenvalue weighted by atomic mass is 9.68. The highest BCUT2D eigenvalue weighted by Gasteiger charge is 2.44. The third-order valence-electron chi connectivity index (χ3n) is 10.3. The van der Waals surface area contributed by atoms with Crippen molar-refractivity contribution in [3.8, 4) is 5.75 Å². The number of halogens is 1. The maximum Gasteiger partial charge on any atom is 0.264 e. The van der Waals surface area contributed by atoms with E-state index in [0.717, 1.165) is 42.8 Å². The van der Waals surface area contributed by atoms with E-state index in [2.05, 4.69) is 21.8 Å². The molecule has 2 heterocycles. The molecule has 44 heavy (non-hydrogen) atoms. The molecule has 0 aromatic heterocycles. The maximum absolute atomic E-state index is 13.6. The summed E-state index contributed by atoms with van der Waals surface area (Å²) in [7, 11) is -4.07. The Kier molecular flexibility index (Phi) is 9.03. The number of hydrogen-bond donors (Lipinski definition) is 2. The van der Waals surface area contributed by atoms with Crippen LogP contribution in [0.4, 0.5) is 5.69 Å². The Labute approximate surface area is 265 Å². The van der Waals surface area contributed by atoms with Crippen LogP contribution in [0.25, 0.3) is 0 Å². The van der Waals surface area contributed by atoms with Gasteiger partial charge in [-0.15, -0.1) is 0 Å². The number of hydrogen-bond acceptors (Lipinski definition) is 7.